The second kappa shape index (κ2) is 19.5. The van der Waals surface area contributed by atoms with Crippen LogP contribution in [0.15, 0.2) is 48.6 Å². The molecule has 0 amide bonds. The Kier molecular flexibility index (Phi) is 18.2. The van der Waals surface area contributed by atoms with E-state index < -0.39 is 5.97 Å². The summed E-state index contributed by atoms with van der Waals surface area (Å²) in [6.07, 6.45) is 30.5. The van der Waals surface area contributed by atoms with Crippen molar-refractivity contribution < 1.29 is 9.90 Å². The Balaban J connectivity index is 3.31. The summed E-state index contributed by atoms with van der Waals surface area (Å²) in [4.78, 5) is 10.3. The monoisotopic (exact) mass is 332 g/mol. The van der Waals surface area contributed by atoms with Gasteiger partial charge in [0.2, 0.25) is 0 Å². The summed E-state index contributed by atoms with van der Waals surface area (Å²) < 4.78 is 0. The van der Waals surface area contributed by atoms with E-state index in [1.54, 1.807) is 6.08 Å². The van der Waals surface area contributed by atoms with E-state index in [4.69, 9.17) is 5.11 Å². The molecule has 0 saturated heterocycles. The second-order valence-corrected chi connectivity index (χ2v) is 6.11. The molecule has 2 heteroatoms. The Hall–Kier alpha value is -1.57. The van der Waals surface area contributed by atoms with Gasteiger partial charge in [-0.15, -0.1) is 0 Å². The minimum atomic E-state index is -0.850. The van der Waals surface area contributed by atoms with Crippen LogP contribution in [0, 0.1) is 0 Å². The van der Waals surface area contributed by atoms with Crippen molar-refractivity contribution in [3.05, 3.63) is 48.6 Å². The van der Waals surface area contributed by atoms with E-state index in [0.29, 0.717) is 0 Å². The number of carboxylic acid groups (broad SMARTS) is 1. The van der Waals surface area contributed by atoms with Crippen LogP contribution in [0.2, 0.25) is 0 Å². The number of aliphatic carboxylic acids is 1. The highest BCUT2D eigenvalue weighted by molar-refractivity contribution is 5.79. The SMILES string of the molecule is CCCCC/C=C\C/C=C\C/C=C/CCCCCCC=CC(=O)O. The third kappa shape index (κ3) is 20.4. The van der Waals surface area contributed by atoms with Gasteiger partial charge in [0.05, 0.1) is 0 Å². The molecule has 0 radical (unpaired) electrons. The van der Waals surface area contributed by atoms with Gasteiger partial charge in [-0.1, -0.05) is 75.1 Å². The maximum Gasteiger partial charge on any atom is 0.327 e. The number of rotatable bonds is 16. The van der Waals surface area contributed by atoms with Crippen LogP contribution in [-0.4, -0.2) is 11.1 Å². The molecule has 0 fully saturated rings. The van der Waals surface area contributed by atoms with E-state index in [1.807, 2.05) is 0 Å². The maximum absolute atomic E-state index is 10.3. The quantitative estimate of drug-likeness (QED) is 0.188. The predicted molar refractivity (Wildman–Crippen MR) is 105 cm³/mol. The van der Waals surface area contributed by atoms with Crippen molar-refractivity contribution in [2.75, 3.05) is 0 Å². The molecule has 1 N–H and O–H groups in total. The fraction of sp³-hybridized carbons (Fsp3) is 0.591. The normalized spacial score (nSPS) is 12.4. The van der Waals surface area contributed by atoms with Crippen molar-refractivity contribution >= 4 is 5.97 Å². The van der Waals surface area contributed by atoms with E-state index in [2.05, 4.69) is 43.4 Å². The fourth-order valence-electron chi connectivity index (χ4n) is 2.35. The van der Waals surface area contributed by atoms with Gasteiger partial charge in [-0.2, -0.15) is 0 Å². The summed E-state index contributed by atoms with van der Waals surface area (Å²) in [5, 5.41) is 8.45. The van der Waals surface area contributed by atoms with Gasteiger partial charge in [-0.3, -0.25) is 0 Å². The van der Waals surface area contributed by atoms with Gasteiger partial charge in [0.25, 0.3) is 0 Å². The minimum absolute atomic E-state index is 0.850. The van der Waals surface area contributed by atoms with E-state index in [9.17, 15) is 4.79 Å². The van der Waals surface area contributed by atoms with Crippen molar-refractivity contribution in [2.24, 2.45) is 0 Å². The lowest BCUT2D eigenvalue weighted by molar-refractivity contribution is -0.131. The highest BCUT2D eigenvalue weighted by Crippen LogP contribution is 2.07. The summed E-state index contributed by atoms with van der Waals surface area (Å²) in [6.45, 7) is 2.24. The number of carboxylic acids is 1. The van der Waals surface area contributed by atoms with Crippen LogP contribution in [-0.2, 0) is 4.79 Å². The number of hydrogen-bond donors (Lipinski definition) is 1. The third-order valence-corrected chi connectivity index (χ3v) is 3.77. The molecule has 0 bridgehead atoms. The molecular weight excluding hydrogens is 296 g/mol. The molecule has 2 nitrogen and oxygen atoms in total. The van der Waals surface area contributed by atoms with Crippen LogP contribution in [0.4, 0.5) is 0 Å². The van der Waals surface area contributed by atoms with Crippen LogP contribution >= 0.6 is 0 Å². The Bertz CT molecular complexity index is 389. The van der Waals surface area contributed by atoms with Gasteiger partial charge < -0.3 is 5.11 Å². The molecule has 0 atom stereocenters. The van der Waals surface area contributed by atoms with E-state index in [0.717, 1.165) is 32.1 Å². The Labute approximate surface area is 149 Å². The van der Waals surface area contributed by atoms with Crippen LogP contribution in [0.5, 0.6) is 0 Å². The zero-order valence-electron chi connectivity index (χ0n) is 15.5. The zero-order chi connectivity index (χ0) is 17.7. The Morgan fingerprint density at radius 1 is 0.667 bits per heavy atom. The molecule has 0 spiro atoms. The van der Waals surface area contributed by atoms with Crippen LogP contribution in [0.3, 0.4) is 0 Å². The lowest BCUT2D eigenvalue weighted by atomic mass is 10.1. The first kappa shape index (κ1) is 22.4. The van der Waals surface area contributed by atoms with Crippen molar-refractivity contribution in [3.63, 3.8) is 0 Å². The molecule has 0 aromatic rings. The van der Waals surface area contributed by atoms with Crippen molar-refractivity contribution in [2.45, 2.75) is 84.0 Å². The average molecular weight is 333 g/mol. The largest absolute Gasteiger partial charge is 0.478 e. The molecule has 0 aromatic heterocycles. The van der Waals surface area contributed by atoms with E-state index >= 15 is 0 Å². The summed E-state index contributed by atoms with van der Waals surface area (Å²) in [5.74, 6) is -0.850. The molecule has 0 aliphatic carbocycles. The predicted octanol–water partition coefficient (Wildman–Crippen LogP) is 7.00. The van der Waals surface area contributed by atoms with Crippen LogP contribution in [0.25, 0.3) is 0 Å². The molecule has 24 heavy (non-hydrogen) atoms. The Morgan fingerprint density at radius 2 is 1.12 bits per heavy atom. The van der Waals surface area contributed by atoms with E-state index in [-0.39, 0.29) is 0 Å². The molecule has 136 valence electrons. The van der Waals surface area contributed by atoms with Gasteiger partial charge in [0.15, 0.2) is 0 Å². The highest BCUT2D eigenvalue weighted by Gasteiger charge is 1.89. The zero-order valence-corrected chi connectivity index (χ0v) is 15.5. The van der Waals surface area contributed by atoms with Gasteiger partial charge >= 0.3 is 5.97 Å². The number of hydrogen-bond acceptors (Lipinski definition) is 1. The molecular formula is C22H36O2. The summed E-state index contributed by atoms with van der Waals surface area (Å²) in [5.41, 5.74) is 0. The second-order valence-electron chi connectivity index (χ2n) is 6.11. The third-order valence-electron chi connectivity index (χ3n) is 3.77. The molecule has 0 rings (SSSR count). The molecule has 0 aromatic carbocycles. The fourth-order valence-corrected chi connectivity index (χ4v) is 2.35. The molecule has 0 unspecified atom stereocenters. The van der Waals surface area contributed by atoms with Gasteiger partial charge in [-0.05, 0) is 51.4 Å². The summed E-state index contributed by atoms with van der Waals surface area (Å²) in [7, 11) is 0. The average Bonchev–Trinajstić information content (AvgIpc) is 2.56. The summed E-state index contributed by atoms with van der Waals surface area (Å²) >= 11 is 0. The number of carbonyl (C=O) groups is 1. The van der Waals surface area contributed by atoms with Gasteiger partial charge in [0.1, 0.15) is 0 Å². The standard InChI is InChI=1S/C22H36O2/c1-2-3-4-5-6-7-8-9-10-11-12-13-14-15-16-17-18-19-20-21-22(23)24/h6-7,9-10,12-13,20-21H,2-5,8,11,14-19H2,1H3,(H,23,24)/b7-6-,10-9-,13-12+,21-20?. The molecule has 0 aliphatic heterocycles. The van der Waals surface area contributed by atoms with Crippen LogP contribution in [0.1, 0.15) is 84.0 Å². The smallest absolute Gasteiger partial charge is 0.327 e. The summed E-state index contributed by atoms with van der Waals surface area (Å²) in [6, 6.07) is 0. The molecule has 0 saturated carbocycles. The lowest BCUT2D eigenvalue weighted by Crippen LogP contribution is -1.85. The first-order valence-corrected chi connectivity index (χ1v) is 9.61. The molecule has 0 heterocycles. The molecule has 0 aliphatic rings. The first-order chi connectivity index (χ1) is 11.8. The lowest BCUT2D eigenvalue weighted by Gasteiger charge is -1.96. The maximum atomic E-state index is 10.3. The topological polar surface area (TPSA) is 37.3 Å². The number of unbranched alkanes of at least 4 members (excludes halogenated alkanes) is 8. The number of allylic oxidation sites excluding steroid dienone is 7. The van der Waals surface area contributed by atoms with Crippen molar-refractivity contribution in [3.8, 4) is 0 Å². The van der Waals surface area contributed by atoms with Gasteiger partial charge in [-0.25, -0.2) is 4.79 Å². The Morgan fingerprint density at radius 3 is 1.62 bits per heavy atom. The van der Waals surface area contributed by atoms with Crippen LogP contribution < -0.4 is 0 Å². The highest BCUT2D eigenvalue weighted by atomic mass is 16.4. The van der Waals surface area contributed by atoms with Crippen molar-refractivity contribution in [1.82, 2.24) is 0 Å². The van der Waals surface area contributed by atoms with Crippen molar-refractivity contribution in [1.29, 1.82) is 0 Å². The van der Waals surface area contributed by atoms with E-state index in [1.165, 1.54) is 51.0 Å². The minimum Gasteiger partial charge on any atom is -0.478 e. The van der Waals surface area contributed by atoms with Gasteiger partial charge in [0, 0.05) is 6.08 Å². The first-order valence-electron chi connectivity index (χ1n) is 9.61.